The lowest BCUT2D eigenvalue weighted by Gasteiger charge is -2.34. The van der Waals surface area contributed by atoms with E-state index in [4.69, 9.17) is 51.2 Å². The third-order valence-electron chi connectivity index (χ3n) is 27.1. The van der Waals surface area contributed by atoms with Crippen LogP contribution in [0.1, 0.15) is 133 Å². The Balaban J connectivity index is 0.000000120. The van der Waals surface area contributed by atoms with Crippen molar-refractivity contribution in [1.29, 1.82) is 0 Å². The molecule has 28 nitrogen and oxygen atoms in total. The highest BCUT2D eigenvalue weighted by Crippen LogP contribution is 2.39. The van der Waals surface area contributed by atoms with E-state index in [2.05, 4.69) is 197 Å². The standard InChI is InChI=1S/2C24H24FN5.C23H22ClN5.C23H23N5O.C20H21N7.2CH4/c1-17-3-6-19(7-4-17)30-21-16-26-12-9-20(21)28-23(30)18-5-8-22(27-15-18)29-13-10-24(2,25)11-14-29;1-16-6-7-21(19(25)12-16)30-22-15-26-9-8-20(22)28-24(30)18-14-27-23(13-17(18)2)29-10-4-3-5-11-29;1-16-13-22(28-11-3-2-4-12-28)26-14-19(16)23-27-20-9-10-25-15-21(20)29(23)18-7-5-17(24)6-8-18;1-16-2-5-19(6-3-16)28-21-15-24-11-8-20(21)27-23(28)17-4-7-22(25-14-17)26-18-9-12-29-13-10-18;1-4-26(5-2)20-23-11-15(12-24-20)19-25-16-8-9-21-13-17(16)27(19)18-7-6-14(3)10-22-18;;/h3-9,12,15-16H,10-11,13-14H2,1-2H3;6-9,12-15H,3-5,10-11H2,1-2H3;5-10,13-15H,2-4,11-12H2,1H3;2-8,11,14-15,18H,9-10,12-13H2,1H3,(H,25,26);6-13H,4-5H2,1-3H3;2*1H4. The number of imidazole rings is 5. The van der Waals surface area contributed by atoms with Crippen molar-refractivity contribution in [2.45, 2.75) is 153 Å². The van der Waals surface area contributed by atoms with Crippen LogP contribution in [0.2, 0.25) is 5.02 Å². The maximum Gasteiger partial charge on any atom is 0.225 e. The molecule has 0 amide bonds. The number of anilines is 5. The van der Waals surface area contributed by atoms with Gasteiger partial charge in [-0.3, -0.25) is 47.8 Å². The molecule has 4 fully saturated rings. The van der Waals surface area contributed by atoms with Gasteiger partial charge in [0.1, 0.15) is 69.7 Å². The Morgan fingerprint density at radius 3 is 1.20 bits per heavy atom. The molecule has 0 atom stereocenters. The zero-order valence-electron chi connectivity index (χ0n) is 82.9. The molecular formula is C116H122ClF2N27O. The highest BCUT2D eigenvalue weighted by atomic mass is 35.5. The van der Waals surface area contributed by atoms with Crippen LogP contribution in [-0.2, 0) is 4.74 Å². The Morgan fingerprint density at radius 2 is 0.762 bits per heavy atom. The number of nitrogens with one attached hydrogen (secondary N) is 1. The van der Waals surface area contributed by atoms with Crippen LogP contribution < -0.4 is 24.9 Å². The molecule has 4 aliphatic heterocycles. The highest BCUT2D eigenvalue weighted by Gasteiger charge is 2.32. The molecule has 0 unspecified atom stereocenters. The number of aromatic nitrogens is 22. The SMILES string of the molecule is C.C.CCN(CC)c1ncc(-c2nc3ccncc3n2-c2ccc(C)cn2)cn1.Cc1cc(N2CCCCC2)ncc1-c1nc2ccncc2n1-c1ccc(Cl)cc1.Cc1ccc(-n2c(-c3ccc(N4CCC(C)(F)CC4)nc3)nc3ccncc32)cc1.Cc1ccc(-n2c(-c3ccc(NC4CCOCC4)nc3)nc3ccncc32)cc1.Cc1ccc(-n2c(-c3cnc(N4CCCCC4)cc3C)nc3ccncc32)c(F)c1. The molecule has 1 N–H and O–H groups in total. The number of benzene rings is 4. The normalized spacial score (nSPS) is 14.1. The quantitative estimate of drug-likeness (QED) is 0.0835. The maximum atomic E-state index is 15.0. The van der Waals surface area contributed by atoms with Gasteiger partial charge in [-0.1, -0.05) is 74.0 Å². The Bertz CT molecular complexity index is 7880. The fraction of sp³-hybridized carbons (Fsp3) is 0.284. The second kappa shape index (κ2) is 45.5. The molecule has 31 heteroatoms. The van der Waals surface area contributed by atoms with Gasteiger partial charge >= 0.3 is 0 Å². The molecule has 4 aromatic carbocycles. The lowest BCUT2D eigenvalue weighted by atomic mass is 9.96. The molecule has 0 saturated carbocycles. The first-order valence-electron chi connectivity index (χ1n) is 49.8. The summed E-state index contributed by atoms with van der Waals surface area (Å²) in [7, 11) is 0. The molecule has 147 heavy (non-hydrogen) atoms. The van der Waals surface area contributed by atoms with Gasteiger partial charge in [0.25, 0.3) is 0 Å². The van der Waals surface area contributed by atoms with Gasteiger partial charge in [0.2, 0.25) is 5.95 Å². The third kappa shape index (κ3) is 22.4. The van der Waals surface area contributed by atoms with Crippen LogP contribution in [0.3, 0.4) is 0 Å². The van der Waals surface area contributed by atoms with E-state index in [1.807, 2.05) is 176 Å². The predicted octanol–water partition coefficient (Wildman–Crippen LogP) is 24.9. The topological polar surface area (TPSA) is 278 Å². The predicted molar refractivity (Wildman–Crippen MR) is 587 cm³/mol. The summed E-state index contributed by atoms with van der Waals surface area (Å²) in [6, 6.07) is 56.3. The van der Waals surface area contributed by atoms with Gasteiger partial charge in [-0.25, -0.2) is 68.6 Å². The molecule has 4 saturated heterocycles. The second-order valence-corrected chi connectivity index (χ2v) is 37.9. The molecule has 20 heterocycles. The number of hydrogen-bond donors (Lipinski definition) is 1. The Kier molecular flexibility index (Phi) is 31.2. The van der Waals surface area contributed by atoms with E-state index < -0.39 is 5.67 Å². The summed E-state index contributed by atoms with van der Waals surface area (Å²) >= 11 is 6.11. The number of hydrogen-bond acceptors (Lipinski definition) is 23. The first kappa shape index (κ1) is 101. The van der Waals surface area contributed by atoms with Gasteiger partial charge in [0, 0.05) is 190 Å². The molecule has 4 aliphatic rings. The van der Waals surface area contributed by atoms with E-state index in [1.165, 1.54) is 55.2 Å². The van der Waals surface area contributed by atoms with Crippen LogP contribution in [0.5, 0.6) is 0 Å². The van der Waals surface area contributed by atoms with Crippen molar-refractivity contribution in [3.05, 3.63) is 319 Å². The Labute approximate surface area is 860 Å². The summed E-state index contributed by atoms with van der Waals surface area (Å²) in [5.74, 6) is 9.05. The lowest BCUT2D eigenvalue weighted by Crippen LogP contribution is -2.40. The molecule has 0 spiro atoms. The van der Waals surface area contributed by atoms with Crippen LogP contribution >= 0.6 is 11.6 Å². The maximum absolute atomic E-state index is 15.0. The van der Waals surface area contributed by atoms with Gasteiger partial charge in [-0.2, -0.15) is 0 Å². The van der Waals surface area contributed by atoms with Crippen molar-refractivity contribution in [3.63, 3.8) is 0 Å². The van der Waals surface area contributed by atoms with Crippen LogP contribution in [0.15, 0.2) is 275 Å². The molecule has 16 aromatic heterocycles. The number of alkyl halides is 1. The van der Waals surface area contributed by atoms with Crippen molar-refractivity contribution < 1.29 is 13.5 Å². The Hall–Kier alpha value is -16.1. The molecule has 20 aromatic rings. The van der Waals surface area contributed by atoms with Crippen molar-refractivity contribution in [2.24, 2.45) is 0 Å². The molecule has 0 radical (unpaired) electrons. The third-order valence-corrected chi connectivity index (χ3v) is 27.4. The molecule has 0 bridgehead atoms. The van der Waals surface area contributed by atoms with Crippen molar-refractivity contribution in [2.75, 3.05) is 90.5 Å². The van der Waals surface area contributed by atoms with Gasteiger partial charge in [-0.05, 0) is 282 Å². The van der Waals surface area contributed by atoms with E-state index in [9.17, 15) is 8.78 Å². The minimum absolute atomic E-state index is 0. The van der Waals surface area contributed by atoms with Crippen LogP contribution in [0.25, 0.3) is 141 Å². The number of aryl methyl sites for hydroxylation is 6. The van der Waals surface area contributed by atoms with Crippen LogP contribution in [0.4, 0.5) is 38.0 Å². The molecule has 24 rings (SSSR count). The van der Waals surface area contributed by atoms with Crippen LogP contribution in [-0.4, -0.2) is 185 Å². The van der Waals surface area contributed by atoms with Gasteiger partial charge in [0.05, 0.1) is 97.4 Å². The zero-order valence-corrected chi connectivity index (χ0v) is 83.6. The summed E-state index contributed by atoms with van der Waals surface area (Å²) < 4.78 is 44.7. The number of rotatable bonds is 18. The summed E-state index contributed by atoms with van der Waals surface area (Å²) in [6.07, 6.45) is 41.5. The average Bonchev–Trinajstić information content (AvgIpc) is 1.60. The average molecular weight is 1980 g/mol. The van der Waals surface area contributed by atoms with Crippen molar-refractivity contribution in [1.82, 2.24) is 108 Å². The van der Waals surface area contributed by atoms with Crippen molar-refractivity contribution in [3.8, 4) is 85.5 Å². The van der Waals surface area contributed by atoms with E-state index >= 15 is 0 Å². The van der Waals surface area contributed by atoms with Gasteiger partial charge in [-0.15, -0.1) is 0 Å². The minimum Gasteiger partial charge on any atom is -0.381 e. The molecular weight excluding hydrogens is 1860 g/mol. The molecule has 0 aliphatic carbocycles. The Morgan fingerprint density at radius 1 is 0.374 bits per heavy atom. The minimum atomic E-state index is -1.07. The number of halogens is 3. The van der Waals surface area contributed by atoms with Gasteiger partial charge < -0.3 is 29.7 Å². The number of nitrogens with zero attached hydrogens (tertiary/aromatic N) is 26. The lowest BCUT2D eigenvalue weighted by molar-refractivity contribution is 0.0904. The summed E-state index contributed by atoms with van der Waals surface area (Å²) in [5.41, 5.74) is 22.7. The monoisotopic (exact) mass is 1980 g/mol. The van der Waals surface area contributed by atoms with E-state index in [0.717, 1.165) is 240 Å². The summed E-state index contributed by atoms with van der Waals surface area (Å²) in [4.78, 5) is 87.2. The second-order valence-electron chi connectivity index (χ2n) is 37.5. The van der Waals surface area contributed by atoms with E-state index in [1.54, 1.807) is 62.4 Å². The molecule has 748 valence electrons. The van der Waals surface area contributed by atoms with E-state index in [0.29, 0.717) is 48.5 Å². The fourth-order valence-electron chi connectivity index (χ4n) is 19.0. The first-order chi connectivity index (χ1) is 70.8. The summed E-state index contributed by atoms with van der Waals surface area (Å²) in [5, 5.41) is 4.22. The van der Waals surface area contributed by atoms with Crippen molar-refractivity contribution >= 4 is 96.0 Å². The number of pyridine rings is 10. The number of piperidine rings is 3. The first-order valence-corrected chi connectivity index (χ1v) is 50.1. The van der Waals surface area contributed by atoms with Crippen LogP contribution in [0, 0.1) is 47.4 Å². The van der Waals surface area contributed by atoms with Gasteiger partial charge in [0.15, 0.2) is 0 Å². The largest absolute Gasteiger partial charge is 0.381 e. The summed E-state index contributed by atoms with van der Waals surface area (Å²) in [6.45, 7) is 27.1. The zero-order chi connectivity index (χ0) is 99.6. The number of ether oxygens (including phenoxy) is 1. The highest BCUT2D eigenvalue weighted by molar-refractivity contribution is 6.30. The number of fused-ring (bicyclic) bond motifs is 5. The smallest absolute Gasteiger partial charge is 0.225 e. The fourth-order valence-corrected chi connectivity index (χ4v) is 19.1. The van der Waals surface area contributed by atoms with E-state index in [-0.39, 0.29) is 20.7 Å².